The topological polar surface area (TPSA) is 54.0 Å². The number of hydrogen-bond acceptors (Lipinski definition) is 3. The predicted octanol–water partition coefficient (Wildman–Crippen LogP) is 3.95. The number of rotatable bonds is 5. The Bertz CT molecular complexity index is 649. The van der Waals surface area contributed by atoms with Crippen molar-refractivity contribution in [1.29, 1.82) is 0 Å². The van der Waals surface area contributed by atoms with Crippen molar-refractivity contribution in [1.82, 2.24) is 4.98 Å². The Labute approximate surface area is 127 Å². The fourth-order valence-corrected chi connectivity index (χ4v) is 1.90. The molecule has 0 fully saturated rings. The van der Waals surface area contributed by atoms with E-state index in [4.69, 9.17) is 11.6 Å². The number of amides is 1. The first kappa shape index (κ1) is 15.3. The maximum Gasteiger partial charge on any atom is 0.274 e. The number of carbonyl (C=O) groups excluding carboxylic acids is 1. The maximum atomic E-state index is 13.0. The molecular formula is C15H15ClFN3O. The van der Waals surface area contributed by atoms with Crippen molar-refractivity contribution in [2.45, 2.75) is 13.3 Å². The summed E-state index contributed by atoms with van der Waals surface area (Å²) < 4.78 is 13.0. The second-order valence-electron chi connectivity index (χ2n) is 4.41. The molecule has 1 aromatic carbocycles. The highest BCUT2D eigenvalue weighted by molar-refractivity contribution is 6.33. The van der Waals surface area contributed by atoms with Gasteiger partial charge in [0.1, 0.15) is 17.3 Å². The molecule has 4 nitrogen and oxygen atoms in total. The standard InChI is InChI=1S/C15H15ClFN3O/c1-2-8-18-14-5-3-4-13(19-14)15(21)20-12-7-6-10(17)9-11(12)16/h3-7,9H,2,8H2,1H3,(H,18,19)(H,20,21). The molecule has 0 saturated carbocycles. The van der Waals surface area contributed by atoms with Gasteiger partial charge in [-0.25, -0.2) is 9.37 Å². The van der Waals surface area contributed by atoms with Crippen molar-refractivity contribution in [3.63, 3.8) is 0 Å². The van der Waals surface area contributed by atoms with E-state index in [0.29, 0.717) is 11.5 Å². The van der Waals surface area contributed by atoms with E-state index in [0.717, 1.165) is 19.0 Å². The zero-order valence-electron chi connectivity index (χ0n) is 11.5. The molecule has 21 heavy (non-hydrogen) atoms. The van der Waals surface area contributed by atoms with Gasteiger partial charge in [-0.2, -0.15) is 0 Å². The van der Waals surface area contributed by atoms with E-state index in [1.807, 2.05) is 6.92 Å². The fraction of sp³-hybridized carbons (Fsp3) is 0.200. The van der Waals surface area contributed by atoms with Crippen LogP contribution in [0.5, 0.6) is 0 Å². The molecule has 1 amide bonds. The molecule has 110 valence electrons. The first-order valence-electron chi connectivity index (χ1n) is 6.57. The van der Waals surface area contributed by atoms with Crippen LogP contribution in [-0.2, 0) is 0 Å². The van der Waals surface area contributed by atoms with Gasteiger partial charge in [-0.3, -0.25) is 4.79 Å². The number of hydrogen-bond donors (Lipinski definition) is 2. The van der Waals surface area contributed by atoms with E-state index < -0.39 is 11.7 Å². The second kappa shape index (κ2) is 7.04. The normalized spacial score (nSPS) is 10.2. The van der Waals surface area contributed by atoms with E-state index in [9.17, 15) is 9.18 Å². The molecule has 0 unspecified atom stereocenters. The third kappa shape index (κ3) is 4.16. The minimum Gasteiger partial charge on any atom is -0.370 e. The molecule has 0 aliphatic carbocycles. The summed E-state index contributed by atoms with van der Waals surface area (Å²) in [5.41, 5.74) is 0.605. The molecule has 0 radical (unpaired) electrons. The molecule has 2 rings (SSSR count). The van der Waals surface area contributed by atoms with E-state index >= 15 is 0 Å². The average Bonchev–Trinajstić information content (AvgIpc) is 2.48. The van der Waals surface area contributed by atoms with Gasteiger partial charge >= 0.3 is 0 Å². The van der Waals surface area contributed by atoms with Crippen molar-refractivity contribution in [2.75, 3.05) is 17.2 Å². The highest BCUT2D eigenvalue weighted by atomic mass is 35.5. The summed E-state index contributed by atoms with van der Waals surface area (Å²) >= 11 is 5.87. The lowest BCUT2D eigenvalue weighted by Gasteiger charge is -2.08. The summed E-state index contributed by atoms with van der Waals surface area (Å²) in [4.78, 5) is 16.3. The van der Waals surface area contributed by atoms with E-state index in [2.05, 4.69) is 15.6 Å². The van der Waals surface area contributed by atoms with Gasteiger partial charge in [0.05, 0.1) is 10.7 Å². The van der Waals surface area contributed by atoms with Gasteiger partial charge < -0.3 is 10.6 Å². The molecule has 0 spiro atoms. The first-order valence-corrected chi connectivity index (χ1v) is 6.95. The largest absolute Gasteiger partial charge is 0.370 e. The highest BCUT2D eigenvalue weighted by Gasteiger charge is 2.11. The summed E-state index contributed by atoms with van der Waals surface area (Å²) in [7, 11) is 0. The number of nitrogens with one attached hydrogen (secondary N) is 2. The maximum absolute atomic E-state index is 13.0. The second-order valence-corrected chi connectivity index (χ2v) is 4.82. The van der Waals surface area contributed by atoms with Crippen LogP contribution in [0, 0.1) is 5.82 Å². The van der Waals surface area contributed by atoms with Crippen LogP contribution < -0.4 is 10.6 Å². The summed E-state index contributed by atoms with van der Waals surface area (Å²) in [6.07, 6.45) is 0.962. The SMILES string of the molecule is CCCNc1cccc(C(=O)Nc2ccc(F)cc2Cl)n1. The molecule has 6 heteroatoms. The van der Waals surface area contributed by atoms with Crippen LogP contribution in [0.3, 0.4) is 0 Å². The van der Waals surface area contributed by atoms with Crippen molar-refractivity contribution < 1.29 is 9.18 Å². The van der Waals surface area contributed by atoms with E-state index in [-0.39, 0.29) is 10.7 Å². The van der Waals surface area contributed by atoms with Gasteiger partial charge in [0.25, 0.3) is 5.91 Å². The summed E-state index contributed by atoms with van der Waals surface area (Å²) in [5.74, 6) is -0.222. The van der Waals surface area contributed by atoms with Crippen molar-refractivity contribution in [3.05, 3.63) is 52.9 Å². The Morgan fingerprint density at radius 1 is 1.33 bits per heavy atom. The highest BCUT2D eigenvalue weighted by Crippen LogP contribution is 2.22. The number of benzene rings is 1. The summed E-state index contributed by atoms with van der Waals surface area (Å²) in [5, 5.41) is 5.86. The zero-order valence-corrected chi connectivity index (χ0v) is 12.2. The van der Waals surface area contributed by atoms with Crippen LogP contribution in [0.4, 0.5) is 15.9 Å². The zero-order chi connectivity index (χ0) is 15.2. The van der Waals surface area contributed by atoms with Crippen LogP contribution >= 0.6 is 11.6 Å². The Hall–Kier alpha value is -2.14. The number of anilines is 2. The smallest absolute Gasteiger partial charge is 0.274 e. The van der Waals surface area contributed by atoms with Gasteiger partial charge in [-0.15, -0.1) is 0 Å². The Morgan fingerprint density at radius 3 is 2.86 bits per heavy atom. The minimum absolute atomic E-state index is 0.142. The van der Waals surface area contributed by atoms with E-state index in [1.165, 1.54) is 12.1 Å². The molecule has 0 aliphatic rings. The van der Waals surface area contributed by atoms with Crippen LogP contribution in [0.15, 0.2) is 36.4 Å². The van der Waals surface area contributed by atoms with Crippen LogP contribution in [0.1, 0.15) is 23.8 Å². The number of halogens is 2. The number of carbonyl (C=O) groups is 1. The van der Waals surface area contributed by atoms with Gasteiger partial charge in [0.15, 0.2) is 0 Å². The quantitative estimate of drug-likeness (QED) is 0.879. The minimum atomic E-state index is -0.457. The van der Waals surface area contributed by atoms with Crippen molar-refractivity contribution in [2.24, 2.45) is 0 Å². The van der Waals surface area contributed by atoms with Gasteiger partial charge in [0, 0.05) is 6.54 Å². The van der Waals surface area contributed by atoms with Crippen molar-refractivity contribution in [3.8, 4) is 0 Å². The third-order valence-electron chi connectivity index (χ3n) is 2.72. The predicted molar refractivity (Wildman–Crippen MR) is 82.4 cm³/mol. The average molecular weight is 308 g/mol. The Kier molecular flexibility index (Phi) is 5.11. The summed E-state index contributed by atoms with van der Waals surface area (Å²) in [6, 6.07) is 8.92. The number of pyridine rings is 1. The lowest BCUT2D eigenvalue weighted by Crippen LogP contribution is -2.15. The summed E-state index contributed by atoms with van der Waals surface area (Å²) in [6.45, 7) is 2.82. The van der Waals surface area contributed by atoms with Gasteiger partial charge in [0.2, 0.25) is 0 Å². The molecule has 2 aromatic rings. The van der Waals surface area contributed by atoms with Crippen molar-refractivity contribution >= 4 is 29.0 Å². The van der Waals surface area contributed by atoms with Gasteiger partial charge in [-0.05, 0) is 36.8 Å². The monoisotopic (exact) mass is 307 g/mol. The Morgan fingerprint density at radius 2 is 2.14 bits per heavy atom. The molecule has 0 atom stereocenters. The molecule has 1 heterocycles. The Balaban J connectivity index is 2.12. The lowest BCUT2D eigenvalue weighted by molar-refractivity contribution is 0.102. The van der Waals surface area contributed by atoms with E-state index in [1.54, 1.807) is 18.2 Å². The fourth-order valence-electron chi connectivity index (χ4n) is 1.69. The molecule has 0 bridgehead atoms. The first-order chi connectivity index (χ1) is 10.1. The lowest BCUT2D eigenvalue weighted by atomic mass is 10.2. The molecule has 2 N–H and O–H groups in total. The molecular weight excluding hydrogens is 293 g/mol. The van der Waals surface area contributed by atoms with Crippen LogP contribution in [0.25, 0.3) is 0 Å². The third-order valence-corrected chi connectivity index (χ3v) is 3.03. The number of aromatic nitrogens is 1. The van der Waals surface area contributed by atoms with Crippen LogP contribution in [0.2, 0.25) is 5.02 Å². The molecule has 1 aromatic heterocycles. The molecule has 0 aliphatic heterocycles. The number of nitrogens with zero attached hydrogens (tertiary/aromatic N) is 1. The molecule has 0 saturated heterocycles. The van der Waals surface area contributed by atoms with Gasteiger partial charge in [-0.1, -0.05) is 24.6 Å². The van der Waals surface area contributed by atoms with Crippen LogP contribution in [-0.4, -0.2) is 17.4 Å².